The molecule has 1 nitrogen and oxygen atoms in total. The number of benzene rings is 1. The summed E-state index contributed by atoms with van der Waals surface area (Å²) >= 11 is 6.91. The lowest BCUT2D eigenvalue weighted by Crippen LogP contribution is -2.08. The van der Waals surface area contributed by atoms with E-state index in [9.17, 15) is 0 Å². The van der Waals surface area contributed by atoms with Crippen LogP contribution in [0.25, 0.3) is 0 Å². The summed E-state index contributed by atoms with van der Waals surface area (Å²) in [5.74, 6) is 0. The van der Waals surface area contributed by atoms with Crippen LogP contribution < -0.4 is 5.32 Å². The van der Waals surface area contributed by atoms with Crippen molar-refractivity contribution >= 4 is 33.5 Å². The van der Waals surface area contributed by atoms with Crippen LogP contribution in [0.5, 0.6) is 0 Å². The molecule has 0 spiro atoms. The third kappa shape index (κ3) is 2.19. The van der Waals surface area contributed by atoms with Crippen molar-refractivity contribution in [1.82, 2.24) is 0 Å². The Morgan fingerprint density at radius 3 is 2.50 bits per heavy atom. The molecule has 0 aliphatic carbocycles. The molecule has 0 radical (unpaired) electrons. The topological polar surface area (TPSA) is 12.0 Å². The van der Waals surface area contributed by atoms with Crippen LogP contribution in [0.3, 0.4) is 0 Å². The highest BCUT2D eigenvalue weighted by Gasteiger charge is 2.00. The molecule has 14 heavy (non-hydrogen) atoms. The van der Waals surface area contributed by atoms with E-state index in [0.717, 1.165) is 15.6 Å². The van der Waals surface area contributed by atoms with Crippen molar-refractivity contribution in [3.63, 3.8) is 0 Å². The molecule has 3 heteroatoms. The van der Waals surface area contributed by atoms with Crippen LogP contribution >= 0.6 is 23.6 Å². The molecule has 2 aromatic rings. The molecule has 2 rings (SSSR count). The molecule has 1 aromatic carbocycles. The van der Waals surface area contributed by atoms with Gasteiger partial charge in [0, 0.05) is 5.56 Å². The third-order valence-corrected chi connectivity index (χ3v) is 2.92. The Balaban J connectivity index is 2.11. The molecule has 1 N–H and O–H groups in total. The molecule has 0 bridgehead atoms. The number of rotatable bonds is 2. The van der Waals surface area contributed by atoms with Gasteiger partial charge < -0.3 is 5.32 Å². The average molecular weight is 219 g/mol. The van der Waals surface area contributed by atoms with Gasteiger partial charge in [0.2, 0.25) is 0 Å². The molecule has 0 amide bonds. The minimum Gasteiger partial charge on any atom is -0.338 e. The van der Waals surface area contributed by atoms with E-state index < -0.39 is 0 Å². The number of anilines is 1. The zero-order chi connectivity index (χ0) is 9.80. The fraction of sp³-hybridized carbons (Fsp3) is 0. The maximum Gasteiger partial charge on any atom is 0.111 e. The lowest BCUT2D eigenvalue weighted by molar-refractivity contribution is 1.65. The predicted molar refractivity (Wildman–Crippen MR) is 66.1 cm³/mol. The number of thiocarbonyl (C=S) groups is 1. The van der Waals surface area contributed by atoms with Gasteiger partial charge >= 0.3 is 0 Å². The van der Waals surface area contributed by atoms with E-state index in [0.29, 0.717) is 0 Å². The molecule has 0 aliphatic rings. The fourth-order valence-electron chi connectivity index (χ4n) is 1.12. The van der Waals surface area contributed by atoms with Crippen LogP contribution in [-0.4, -0.2) is 4.99 Å². The molecule has 0 saturated heterocycles. The number of nitrogens with one attached hydrogen (secondary N) is 1. The number of thiophene rings is 1. The second kappa shape index (κ2) is 4.35. The van der Waals surface area contributed by atoms with Crippen molar-refractivity contribution in [1.29, 1.82) is 0 Å². The summed E-state index contributed by atoms with van der Waals surface area (Å²) in [6.45, 7) is 0. The summed E-state index contributed by atoms with van der Waals surface area (Å²) in [7, 11) is 0. The molecule has 0 atom stereocenters. The normalized spacial score (nSPS) is 9.71. The van der Waals surface area contributed by atoms with Crippen LogP contribution in [0.15, 0.2) is 47.8 Å². The van der Waals surface area contributed by atoms with Crippen molar-refractivity contribution in [2.45, 2.75) is 0 Å². The zero-order valence-electron chi connectivity index (χ0n) is 7.44. The first-order valence-corrected chi connectivity index (χ1v) is 5.55. The van der Waals surface area contributed by atoms with E-state index in [1.165, 1.54) is 0 Å². The van der Waals surface area contributed by atoms with Crippen molar-refractivity contribution in [3.8, 4) is 0 Å². The summed E-state index contributed by atoms with van der Waals surface area (Å²) in [5, 5.41) is 6.29. The fourth-order valence-corrected chi connectivity index (χ4v) is 2.06. The van der Waals surface area contributed by atoms with Crippen LogP contribution in [0.2, 0.25) is 0 Å². The van der Waals surface area contributed by atoms with Crippen molar-refractivity contribution in [2.75, 3.05) is 5.32 Å². The van der Waals surface area contributed by atoms with Crippen LogP contribution in [0.4, 0.5) is 5.00 Å². The Hall–Kier alpha value is -1.19. The third-order valence-electron chi connectivity index (χ3n) is 1.79. The highest BCUT2D eigenvalue weighted by Crippen LogP contribution is 2.16. The SMILES string of the molecule is S=C(Nc1cccs1)c1ccccc1. The Kier molecular flexibility index (Phi) is 2.91. The minimum atomic E-state index is 0.771. The molecule has 0 fully saturated rings. The summed E-state index contributed by atoms with van der Waals surface area (Å²) in [4.78, 5) is 0.771. The molecular weight excluding hydrogens is 210 g/mol. The largest absolute Gasteiger partial charge is 0.338 e. The van der Waals surface area contributed by atoms with Gasteiger partial charge in [-0.05, 0) is 17.5 Å². The maximum atomic E-state index is 5.26. The Morgan fingerprint density at radius 2 is 1.86 bits per heavy atom. The first-order chi connectivity index (χ1) is 6.86. The molecular formula is C11H9NS2. The Bertz CT molecular complexity index is 406. The van der Waals surface area contributed by atoms with Gasteiger partial charge in [-0.15, -0.1) is 11.3 Å². The van der Waals surface area contributed by atoms with Crippen molar-refractivity contribution in [3.05, 3.63) is 53.4 Å². The summed E-state index contributed by atoms with van der Waals surface area (Å²) in [6.07, 6.45) is 0. The predicted octanol–water partition coefficient (Wildman–Crippen LogP) is 3.54. The van der Waals surface area contributed by atoms with Crippen LogP contribution in [0, 0.1) is 0 Å². The van der Waals surface area contributed by atoms with E-state index >= 15 is 0 Å². The first kappa shape index (κ1) is 9.37. The van der Waals surface area contributed by atoms with Gasteiger partial charge in [0.15, 0.2) is 0 Å². The smallest absolute Gasteiger partial charge is 0.111 e. The van der Waals surface area contributed by atoms with Gasteiger partial charge in [-0.2, -0.15) is 0 Å². The molecule has 70 valence electrons. The lowest BCUT2D eigenvalue weighted by Gasteiger charge is -2.04. The van der Waals surface area contributed by atoms with E-state index in [-0.39, 0.29) is 0 Å². The van der Waals surface area contributed by atoms with Gasteiger partial charge in [0.05, 0.1) is 5.00 Å². The number of hydrogen-bond acceptors (Lipinski definition) is 2. The van der Waals surface area contributed by atoms with E-state index in [4.69, 9.17) is 12.2 Å². The molecule has 0 saturated carbocycles. The van der Waals surface area contributed by atoms with Gasteiger partial charge in [0.25, 0.3) is 0 Å². The monoisotopic (exact) mass is 219 g/mol. The van der Waals surface area contributed by atoms with Gasteiger partial charge in [-0.3, -0.25) is 0 Å². The molecule has 0 unspecified atom stereocenters. The molecule has 1 heterocycles. The van der Waals surface area contributed by atoms with E-state index in [2.05, 4.69) is 5.32 Å². The minimum absolute atomic E-state index is 0.771. The second-order valence-electron chi connectivity index (χ2n) is 2.80. The van der Waals surface area contributed by atoms with Gasteiger partial charge in [-0.25, -0.2) is 0 Å². The van der Waals surface area contributed by atoms with Crippen LogP contribution in [0.1, 0.15) is 5.56 Å². The second-order valence-corrected chi connectivity index (χ2v) is 4.15. The quantitative estimate of drug-likeness (QED) is 0.775. The summed E-state index contributed by atoms with van der Waals surface area (Å²) < 4.78 is 0. The Labute approximate surface area is 92.4 Å². The maximum absolute atomic E-state index is 5.26. The van der Waals surface area contributed by atoms with E-state index in [1.54, 1.807) is 11.3 Å². The standard InChI is InChI=1S/C11H9NS2/c13-11(9-5-2-1-3-6-9)12-10-7-4-8-14-10/h1-8H,(H,12,13). The van der Waals surface area contributed by atoms with Gasteiger partial charge in [0.1, 0.15) is 4.99 Å². The van der Waals surface area contributed by atoms with Crippen molar-refractivity contribution < 1.29 is 0 Å². The van der Waals surface area contributed by atoms with Crippen LogP contribution in [-0.2, 0) is 0 Å². The van der Waals surface area contributed by atoms with E-state index in [1.807, 2.05) is 47.8 Å². The zero-order valence-corrected chi connectivity index (χ0v) is 9.07. The molecule has 0 aliphatic heterocycles. The van der Waals surface area contributed by atoms with Crippen molar-refractivity contribution in [2.24, 2.45) is 0 Å². The number of hydrogen-bond donors (Lipinski definition) is 1. The molecule has 1 aromatic heterocycles. The summed E-state index contributed by atoms with van der Waals surface area (Å²) in [5.41, 5.74) is 1.05. The Morgan fingerprint density at radius 1 is 1.07 bits per heavy atom. The highest BCUT2D eigenvalue weighted by molar-refractivity contribution is 7.81. The highest BCUT2D eigenvalue weighted by atomic mass is 32.1. The first-order valence-electron chi connectivity index (χ1n) is 4.26. The lowest BCUT2D eigenvalue weighted by atomic mass is 10.2. The summed E-state index contributed by atoms with van der Waals surface area (Å²) in [6, 6.07) is 14.0. The average Bonchev–Trinajstić information content (AvgIpc) is 2.72. The van der Waals surface area contributed by atoms with Gasteiger partial charge in [-0.1, -0.05) is 42.5 Å².